The fraction of sp³-hybridized carbons (Fsp3) is 0.143. The maximum Gasteiger partial charge on any atom is 0.269 e. The van der Waals surface area contributed by atoms with Crippen molar-refractivity contribution >= 4 is 34.6 Å². The molecule has 1 atom stereocenters. The highest BCUT2D eigenvalue weighted by Crippen LogP contribution is 2.41. The first kappa shape index (κ1) is 23.5. The molecule has 7 nitrogen and oxygen atoms in total. The van der Waals surface area contributed by atoms with Crippen LogP contribution in [0.3, 0.4) is 0 Å². The van der Waals surface area contributed by atoms with Crippen molar-refractivity contribution in [1.82, 2.24) is 4.98 Å². The third-order valence-electron chi connectivity index (χ3n) is 6.43. The Balaban J connectivity index is 1.53. The smallest absolute Gasteiger partial charge is 0.269 e. The third-order valence-corrected chi connectivity index (χ3v) is 6.68. The fourth-order valence-corrected chi connectivity index (χ4v) is 4.76. The van der Waals surface area contributed by atoms with Crippen molar-refractivity contribution in [3.63, 3.8) is 0 Å². The molecule has 1 aliphatic rings. The van der Waals surface area contributed by atoms with Gasteiger partial charge in [-0.05, 0) is 70.8 Å². The lowest BCUT2D eigenvalue weighted by Crippen LogP contribution is -2.41. The first-order valence-corrected chi connectivity index (χ1v) is 11.8. The maximum absolute atomic E-state index is 13.4. The van der Waals surface area contributed by atoms with E-state index in [9.17, 15) is 14.9 Å². The van der Waals surface area contributed by atoms with Gasteiger partial charge in [0.15, 0.2) is 0 Å². The summed E-state index contributed by atoms with van der Waals surface area (Å²) in [6.07, 6.45) is 3.71. The van der Waals surface area contributed by atoms with E-state index in [1.54, 1.807) is 41.6 Å². The Labute approximate surface area is 213 Å². The molecule has 0 fully saturated rings. The molecular weight excluding hydrogens is 476 g/mol. The minimum Gasteiger partial charge on any atom is -0.370 e. The number of amides is 1. The molecule has 2 heterocycles. The zero-order valence-electron chi connectivity index (χ0n) is 19.5. The zero-order chi connectivity index (χ0) is 25.2. The topological polar surface area (TPSA) is 79.6 Å². The molecule has 1 amide bonds. The number of pyridine rings is 1. The number of nitrogens with zero attached hydrogens (tertiary/aromatic N) is 4. The van der Waals surface area contributed by atoms with Crippen LogP contribution in [-0.4, -0.2) is 22.9 Å². The van der Waals surface area contributed by atoms with Crippen LogP contribution in [0.15, 0.2) is 91.3 Å². The van der Waals surface area contributed by atoms with E-state index in [-0.39, 0.29) is 18.0 Å². The van der Waals surface area contributed by atoms with Crippen LogP contribution >= 0.6 is 11.6 Å². The first-order valence-electron chi connectivity index (χ1n) is 11.5. The van der Waals surface area contributed by atoms with Crippen molar-refractivity contribution in [1.29, 1.82) is 0 Å². The number of halogens is 1. The monoisotopic (exact) mass is 498 g/mol. The Morgan fingerprint density at radius 1 is 1.03 bits per heavy atom. The van der Waals surface area contributed by atoms with E-state index >= 15 is 0 Å². The summed E-state index contributed by atoms with van der Waals surface area (Å²) in [5.41, 5.74) is 5.21. The second kappa shape index (κ2) is 9.79. The second-order valence-electron chi connectivity index (χ2n) is 8.76. The highest BCUT2D eigenvalue weighted by Gasteiger charge is 2.35. The predicted molar refractivity (Wildman–Crippen MR) is 140 cm³/mol. The summed E-state index contributed by atoms with van der Waals surface area (Å²) in [7, 11) is 2.01. The molecule has 0 aliphatic carbocycles. The van der Waals surface area contributed by atoms with Gasteiger partial charge in [-0.3, -0.25) is 19.9 Å². The second-order valence-corrected chi connectivity index (χ2v) is 9.20. The first-order chi connectivity index (χ1) is 17.4. The van der Waals surface area contributed by atoms with Gasteiger partial charge >= 0.3 is 0 Å². The number of carbonyl (C=O) groups is 1. The number of nitro groups is 1. The number of anilines is 2. The summed E-state index contributed by atoms with van der Waals surface area (Å²) in [5.74, 6) is -0.0748. The fourth-order valence-electron chi connectivity index (χ4n) is 4.63. The molecule has 3 aromatic carbocycles. The number of hydrogen-bond donors (Lipinski definition) is 0. The summed E-state index contributed by atoms with van der Waals surface area (Å²) < 4.78 is 0. The summed E-state index contributed by atoms with van der Waals surface area (Å²) in [6, 6.07) is 23.2. The van der Waals surface area contributed by atoms with Crippen molar-refractivity contribution in [2.45, 2.75) is 19.0 Å². The molecule has 0 radical (unpaired) electrons. The number of benzene rings is 3. The van der Waals surface area contributed by atoms with Gasteiger partial charge in [0.25, 0.3) is 5.69 Å². The van der Waals surface area contributed by atoms with Gasteiger partial charge in [-0.2, -0.15) is 0 Å². The minimum absolute atomic E-state index is 0.00454. The zero-order valence-corrected chi connectivity index (χ0v) is 20.3. The van der Waals surface area contributed by atoms with Crippen LogP contribution in [0.25, 0.3) is 0 Å². The van der Waals surface area contributed by atoms with Gasteiger partial charge in [0.1, 0.15) is 0 Å². The van der Waals surface area contributed by atoms with Crippen molar-refractivity contribution in [3.05, 3.63) is 129 Å². The molecule has 1 aromatic heterocycles. The highest BCUT2D eigenvalue weighted by atomic mass is 35.5. The van der Waals surface area contributed by atoms with Crippen LogP contribution in [0, 0.1) is 10.1 Å². The molecule has 1 aliphatic heterocycles. The van der Waals surface area contributed by atoms with E-state index in [1.807, 2.05) is 55.6 Å². The molecule has 8 heteroatoms. The predicted octanol–water partition coefficient (Wildman–Crippen LogP) is 5.96. The lowest BCUT2D eigenvalue weighted by molar-refractivity contribution is -0.384. The number of nitro benzene ring substituents is 1. The van der Waals surface area contributed by atoms with Crippen molar-refractivity contribution in [3.8, 4) is 0 Å². The molecule has 180 valence electrons. The van der Waals surface area contributed by atoms with Gasteiger partial charge in [-0.1, -0.05) is 29.8 Å². The lowest BCUT2D eigenvalue weighted by Gasteiger charge is -2.37. The van der Waals surface area contributed by atoms with Crippen LogP contribution in [0.2, 0.25) is 5.02 Å². The molecule has 0 saturated heterocycles. The van der Waals surface area contributed by atoms with Crippen LogP contribution in [-0.2, 0) is 17.8 Å². The number of carbonyl (C=O) groups excluding carboxylic acids is 1. The van der Waals surface area contributed by atoms with Crippen LogP contribution in [0.1, 0.15) is 28.3 Å². The van der Waals surface area contributed by atoms with Gasteiger partial charge < -0.3 is 9.80 Å². The van der Waals surface area contributed by atoms with E-state index in [1.165, 1.54) is 6.07 Å². The molecule has 0 spiro atoms. The van der Waals surface area contributed by atoms with Gasteiger partial charge in [0.05, 0.1) is 17.4 Å². The molecule has 0 N–H and O–H groups in total. The molecule has 4 aromatic rings. The number of rotatable bonds is 6. The average molecular weight is 499 g/mol. The number of aromatic nitrogens is 1. The van der Waals surface area contributed by atoms with E-state index in [2.05, 4.69) is 9.88 Å². The Morgan fingerprint density at radius 3 is 2.39 bits per heavy atom. The van der Waals surface area contributed by atoms with E-state index in [0.29, 0.717) is 5.02 Å². The Bertz CT molecular complexity index is 1410. The Morgan fingerprint density at radius 2 is 1.72 bits per heavy atom. The summed E-state index contributed by atoms with van der Waals surface area (Å²) in [4.78, 5) is 32.5. The van der Waals surface area contributed by atoms with Gasteiger partial charge in [-0.25, -0.2) is 0 Å². The number of fused-ring (bicyclic) bond motifs is 1. The minimum atomic E-state index is -0.515. The Hall–Kier alpha value is -4.23. The maximum atomic E-state index is 13.4. The van der Waals surface area contributed by atoms with Crippen LogP contribution in [0.4, 0.5) is 17.1 Å². The normalized spacial score (nSPS) is 14.9. The van der Waals surface area contributed by atoms with Crippen molar-refractivity contribution < 1.29 is 9.72 Å². The largest absolute Gasteiger partial charge is 0.370 e. The molecule has 1 unspecified atom stereocenters. The molecular formula is C28H23ClN4O3. The van der Waals surface area contributed by atoms with Gasteiger partial charge in [0.2, 0.25) is 5.91 Å². The SMILES string of the molecule is CN(Cc1ccncc1)c1ccc(N2C(=O)Cc3ccc([N+](=O)[O-])cc3C2c2ccc(Cl)cc2)cc1. The highest BCUT2D eigenvalue weighted by molar-refractivity contribution is 6.30. The van der Waals surface area contributed by atoms with Crippen molar-refractivity contribution in [2.75, 3.05) is 16.8 Å². The molecule has 0 bridgehead atoms. The Kier molecular flexibility index (Phi) is 6.40. The number of non-ortho nitro benzene ring substituents is 1. The van der Waals surface area contributed by atoms with Crippen LogP contribution < -0.4 is 9.80 Å². The van der Waals surface area contributed by atoms with Crippen molar-refractivity contribution in [2.24, 2.45) is 0 Å². The summed E-state index contributed by atoms with van der Waals surface area (Å²) in [6.45, 7) is 0.717. The third kappa shape index (κ3) is 4.65. The van der Waals surface area contributed by atoms with Crippen LogP contribution in [0.5, 0.6) is 0 Å². The van der Waals surface area contributed by atoms with E-state index in [0.717, 1.165) is 40.2 Å². The van der Waals surface area contributed by atoms with E-state index in [4.69, 9.17) is 11.6 Å². The summed E-state index contributed by atoms with van der Waals surface area (Å²) in [5, 5.41) is 12.1. The molecule has 36 heavy (non-hydrogen) atoms. The van der Waals surface area contributed by atoms with E-state index < -0.39 is 11.0 Å². The average Bonchev–Trinajstić information content (AvgIpc) is 2.89. The lowest BCUT2D eigenvalue weighted by atomic mass is 9.87. The standard InChI is InChI=1S/C28H23ClN4O3/c1-31(18-19-12-14-30-15-13-19)23-8-10-24(11-9-23)32-27(34)16-21-4-7-25(33(35)36)17-26(21)28(32)20-2-5-22(29)6-3-20/h2-15,17,28H,16,18H2,1H3. The molecule has 0 saturated carbocycles. The molecule has 5 rings (SSSR count). The quantitative estimate of drug-likeness (QED) is 0.242. The summed E-state index contributed by atoms with van der Waals surface area (Å²) >= 11 is 6.13. The number of hydrogen-bond acceptors (Lipinski definition) is 5. The van der Waals surface area contributed by atoms with Gasteiger partial charge in [-0.15, -0.1) is 0 Å². The van der Waals surface area contributed by atoms with Gasteiger partial charge in [0, 0.05) is 54.5 Å².